The molecule has 0 atom stereocenters. The summed E-state index contributed by atoms with van der Waals surface area (Å²) in [5.74, 6) is 0.217. The highest BCUT2D eigenvalue weighted by molar-refractivity contribution is 6.31. The maximum atomic E-state index is 11.8. The van der Waals surface area contributed by atoms with Crippen LogP contribution in [-0.4, -0.2) is 17.6 Å². The number of aromatic nitrogens is 1. The number of ether oxygens (including phenoxy) is 1. The van der Waals surface area contributed by atoms with E-state index < -0.39 is 0 Å². The van der Waals surface area contributed by atoms with Gasteiger partial charge in [-0.05, 0) is 48.2 Å². The first-order chi connectivity index (χ1) is 11.5. The zero-order valence-corrected chi connectivity index (χ0v) is 14.8. The molecule has 4 heteroatoms. The molecule has 0 saturated carbocycles. The van der Waals surface area contributed by atoms with Crippen molar-refractivity contribution in [3.63, 3.8) is 0 Å². The van der Waals surface area contributed by atoms with Gasteiger partial charge >= 0.3 is 5.97 Å². The largest absolute Gasteiger partial charge is 0.465 e. The average molecular weight is 342 g/mol. The van der Waals surface area contributed by atoms with Gasteiger partial charge < -0.3 is 9.30 Å². The molecule has 3 aromatic rings. The predicted molar refractivity (Wildman–Crippen MR) is 98.2 cm³/mol. The second-order valence-corrected chi connectivity index (χ2v) is 6.76. The molecule has 0 bridgehead atoms. The summed E-state index contributed by atoms with van der Waals surface area (Å²) in [4.78, 5) is 11.8. The number of methoxy groups -OCH3 is 1. The quantitative estimate of drug-likeness (QED) is 0.605. The summed E-state index contributed by atoms with van der Waals surface area (Å²) in [6, 6.07) is 13.4. The van der Waals surface area contributed by atoms with Crippen molar-refractivity contribution in [3.05, 3.63) is 64.8 Å². The third-order valence-corrected chi connectivity index (χ3v) is 4.26. The number of halogens is 1. The Balaban J connectivity index is 2.18. The van der Waals surface area contributed by atoms with Crippen molar-refractivity contribution in [2.75, 3.05) is 7.11 Å². The molecule has 124 valence electrons. The summed E-state index contributed by atoms with van der Waals surface area (Å²) in [5, 5.41) is 1.89. The molecular formula is C20H20ClNO2. The van der Waals surface area contributed by atoms with Crippen molar-refractivity contribution in [1.82, 2.24) is 4.57 Å². The highest BCUT2D eigenvalue weighted by Gasteiger charge is 2.13. The van der Waals surface area contributed by atoms with Crippen molar-refractivity contribution in [2.24, 2.45) is 5.92 Å². The van der Waals surface area contributed by atoms with Gasteiger partial charge in [-0.1, -0.05) is 37.6 Å². The highest BCUT2D eigenvalue weighted by atomic mass is 35.5. The Hall–Kier alpha value is -2.26. The Morgan fingerprint density at radius 3 is 2.71 bits per heavy atom. The summed E-state index contributed by atoms with van der Waals surface area (Å²) in [6.45, 7) is 4.41. The van der Waals surface area contributed by atoms with Crippen molar-refractivity contribution in [3.8, 4) is 5.69 Å². The number of carbonyl (C=O) groups is 1. The van der Waals surface area contributed by atoms with E-state index in [0.29, 0.717) is 16.5 Å². The van der Waals surface area contributed by atoms with Gasteiger partial charge in [-0.3, -0.25) is 0 Å². The van der Waals surface area contributed by atoms with Crippen molar-refractivity contribution in [2.45, 2.75) is 20.3 Å². The summed E-state index contributed by atoms with van der Waals surface area (Å²) in [5.41, 5.74) is 3.77. The number of rotatable bonds is 4. The van der Waals surface area contributed by atoms with Crippen LogP contribution in [0.25, 0.3) is 16.6 Å². The lowest BCUT2D eigenvalue weighted by molar-refractivity contribution is 0.0600. The second kappa shape index (κ2) is 6.70. The molecule has 1 heterocycles. The van der Waals surface area contributed by atoms with E-state index in [0.717, 1.165) is 17.6 Å². The second-order valence-electron chi connectivity index (χ2n) is 6.33. The van der Waals surface area contributed by atoms with E-state index in [9.17, 15) is 4.79 Å². The number of benzene rings is 2. The van der Waals surface area contributed by atoms with Crippen LogP contribution in [0.3, 0.4) is 0 Å². The summed E-state index contributed by atoms with van der Waals surface area (Å²) >= 11 is 6.21. The van der Waals surface area contributed by atoms with Gasteiger partial charge in [0.05, 0.1) is 18.2 Å². The fraction of sp³-hybridized carbons (Fsp3) is 0.250. The fourth-order valence-electron chi connectivity index (χ4n) is 2.99. The molecule has 0 radical (unpaired) electrons. The molecule has 0 spiro atoms. The van der Waals surface area contributed by atoms with E-state index >= 15 is 0 Å². The summed E-state index contributed by atoms with van der Waals surface area (Å²) in [6.07, 6.45) is 3.12. The van der Waals surface area contributed by atoms with Crippen LogP contribution in [-0.2, 0) is 11.2 Å². The van der Waals surface area contributed by atoms with Gasteiger partial charge in [-0.25, -0.2) is 4.79 Å². The maximum Gasteiger partial charge on any atom is 0.337 e. The third-order valence-electron chi connectivity index (χ3n) is 4.02. The van der Waals surface area contributed by atoms with Gasteiger partial charge in [0, 0.05) is 22.3 Å². The zero-order valence-electron chi connectivity index (χ0n) is 14.0. The van der Waals surface area contributed by atoms with Crippen molar-refractivity contribution < 1.29 is 9.53 Å². The monoisotopic (exact) mass is 341 g/mol. The van der Waals surface area contributed by atoms with Crippen LogP contribution >= 0.6 is 11.6 Å². The Morgan fingerprint density at radius 2 is 2.00 bits per heavy atom. The van der Waals surface area contributed by atoms with Gasteiger partial charge in [0.2, 0.25) is 0 Å². The molecule has 3 nitrogen and oxygen atoms in total. The van der Waals surface area contributed by atoms with E-state index in [-0.39, 0.29) is 5.97 Å². The standard InChI is InChI=1S/C20H20ClNO2/c1-13(2)9-15-12-22(19-11-16(21)7-8-18(15)19)17-6-4-5-14(10-17)20(23)24-3/h4-8,10-13H,9H2,1-3H3. The van der Waals surface area contributed by atoms with Gasteiger partial charge in [0.1, 0.15) is 0 Å². The van der Waals surface area contributed by atoms with Crippen molar-refractivity contribution >= 4 is 28.5 Å². The molecule has 0 aliphatic heterocycles. The Kier molecular flexibility index (Phi) is 4.63. The molecule has 0 aliphatic rings. The molecule has 0 saturated heterocycles. The minimum absolute atomic E-state index is 0.339. The molecule has 1 aromatic heterocycles. The Bertz CT molecular complexity index is 896. The zero-order chi connectivity index (χ0) is 17.3. The lowest BCUT2D eigenvalue weighted by Gasteiger charge is -2.07. The van der Waals surface area contributed by atoms with Crippen LogP contribution in [0.4, 0.5) is 0 Å². The number of hydrogen-bond acceptors (Lipinski definition) is 2. The molecule has 0 unspecified atom stereocenters. The first-order valence-electron chi connectivity index (χ1n) is 7.98. The van der Waals surface area contributed by atoms with Gasteiger partial charge in [0.15, 0.2) is 0 Å². The minimum Gasteiger partial charge on any atom is -0.465 e. The smallest absolute Gasteiger partial charge is 0.337 e. The normalized spacial score (nSPS) is 11.2. The predicted octanol–water partition coefficient (Wildman–Crippen LogP) is 5.27. The Morgan fingerprint density at radius 1 is 1.21 bits per heavy atom. The lowest BCUT2D eigenvalue weighted by atomic mass is 10.0. The SMILES string of the molecule is COC(=O)c1cccc(-n2cc(CC(C)C)c3ccc(Cl)cc32)c1. The van der Waals surface area contributed by atoms with E-state index in [4.69, 9.17) is 16.3 Å². The van der Waals surface area contributed by atoms with Crippen LogP contribution in [0.15, 0.2) is 48.7 Å². The fourth-order valence-corrected chi connectivity index (χ4v) is 3.15. The van der Waals surface area contributed by atoms with E-state index in [1.54, 1.807) is 6.07 Å². The summed E-state index contributed by atoms with van der Waals surface area (Å²) < 4.78 is 6.91. The number of fused-ring (bicyclic) bond motifs is 1. The molecule has 0 fully saturated rings. The molecule has 2 aromatic carbocycles. The van der Waals surface area contributed by atoms with Gasteiger partial charge in [-0.15, -0.1) is 0 Å². The van der Waals surface area contributed by atoms with Crippen LogP contribution in [0.5, 0.6) is 0 Å². The molecular weight excluding hydrogens is 322 g/mol. The number of esters is 1. The lowest BCUT2D eigenvalue weighted by Crippen LogP contribution is -2.02. The maximum absolute atomic E-state index is 11.8. The Labute approximate surface area is 146 Å². The summed E-state index contributed by atoms with van der Waals surface area (Å²) in [7, 11) is 1.39. The van der Waals surface area contributed by atoms with E-state index in [2.05, 4.69) is 30.7 Å². The van der Waals surface area contributed by atoms with Gasteiger partial charge in [-0.2, -0.15) is 0 Å². The molecule has 24 heavy (non-hydrogen) atoms. The van der Waals surface area contributed by atoms with Crippen LogP contribution in [0.2, 0.25) is 5.02 Å². The number of carbonyl (C=O) groups excluding carboxylic acids is 1. The molecule has 0 amide bonds. The van der Waals surface area contributed by atoms with Crippen molar-refractivity contribution in [1.29, 1.82) is 0 Å². The van der Waals surface area contributed by atoms with Crippen LogP contribution < -0.4 is 0 Å². The first-order valence-corrected chi connectivity index (χ1v) is 8.35. The van der Waals surface area contributed by atoms with E-state index in [1.165, 1.54) is 18.1 Å². The number of hydrogen-bond donors (Lipinski definition) is 0. The van der Waals surface area contributed by atoms with Crippen LogP contribution in [0, 0.1) is 5.92 Å². The average Bonchev–Trinajstić information content (AvgIpc) is 2.91. The van der Waals surface area contributed by atoms with E-state index in [1.807, 2.05) is 30.3 Å². The molecule has 0 N–H and O–H groups in total. The minimum atomic E-state index is -0.339. The molecule has 0 aliphatic carbocycles. The first kappa shape index (κ1) is 16.6. The van der Waals surface area contributed by atoms with Gasteiger partial charge in [0.25, 0.3) is 0 Å². The highest BCUT2D eigenvalue weighted by Crippen LogP contribution is 2.29. The van der Waals surface area contributed by atoms with Crippen LogP contribution in [0.1, 0.15) is 29.8 Å². The third kappa shape index (κ3) is 3.17. The topological polar surface area (TPSA) is 31.2 Å². The molecule has 3 rings (SSSR count). The number of nitrogens with zero attached hydrogens (tertiary/aromatic N) is 1.